The molecule has 4 N–H and O–H groups in total. The number of amides is 2. The van der Waals surface area contributed by atoms with Gasteiger partial charge < -0.3 is 21.1 Å². The van der Waals surface area contributed by atoms with Crippen molar-refractivity contribution < 1.29 is 9.53 Å². The lowest BCUT2D eigenvalue weighted by atomic mass is 9.92. The summed E-state index contributed by atoms with van der Waals surface area (Å²) in [6.07, 6.45) is 1.99. The van der Waals surface area contributed by atoms with Gasteiger partial charge in [-0.1, -0.05) is 0 Å². The number of carbonyl (C=O) groups is 1. The number of ether oxygens (including phenoxy) is 1. The summed E-state index contributed by atoms with van der Waals surface area (Å²) in [5.74, 6) is 0.466. The van der Waals surface area contributed by atoms with E-state index in [9.17, 15) is 4.79 Å². The highest BCUT2D eigenvalue weighted by atomic mass is 16.5. The minimum atomic E-state index is -0.141. The van der Waals surface area contributed by atoms with Gasteiger partial charge in [0.1, 0.15) is 0 Å². The molecule has 1 rings (SSSR count). The van der Waals surface area contributed by atoms with Gasteiger partial charge in [0.05, 0.1) is 0 Å². The van der Waals surface area contributed by atoms with Crippen LogP contribution in [0, 0.1) is 5.92 Å². The van der Waals surface area contributed by atoms with Crippen molar-refractivity contribution in [3.8, 4) is 0 Å². The van der Waals surface area contributed by atoms with Crippen molar-refractivity contribution in [3.05, 3.63) is 0 Å². The molecule has 16 heavy (non-hydrogen) atoms. The molecule has 0 aromatic rings. The van der Waals surface area contributed by atoms with Crippen LogP contribution in [0.25, 0.3) is 0 Å². The zero-order chi connectivity index (χ0) is 12.0. The highest BCUT2D eigenvalue weighted by Gasteiger charge is 2.21. The fraction of sp³-hybridized carbons (Fsp3) is 0.909. The number of hydrogen-bond acceptors (Lipinski definition) is 3. The van der Waals surface area contributed by atoms with Gasteiger partial charge in [-0.3, -0.25) is 0 Å². The summed E-state index contributed by atoms with van der Waals surface area (Å²) in [5, 5.41) is 5.57. The third-order valence-electron chi connectivity index (χ3n) is 2.79. The Morgan fingerprint density at radius 2 is 2.06 bits per heavy atom. The molecule has 0 aliphatic carbocycles. The van der Waals surface area contributed by atoms with Gasteiger partial charge in [0.25, 0.3) is 0 Å². The van der Waals surface area contributed by atoms with Crippen LogP contribution in [-0.2, 0) is 4.74 Å². The van der Waals surface area contributed by atoms with Crippen molar-refractivity contribution in [2.75, 3.05) is 19.8 Å². The van der Waals surface area contributed by atoms with Crippen LogP contribution in [0.2, 0.25) is 0 Å². The lowest BCUT2D eigenvalue weighted by molar-refractivity contribution is 0.0587. The third kappa shape index (κ3) is 4.81. The summed E-state index contributed by atoms with van der Waals surface area (Å²) in [4.78, 5) is 11.3. The quantitative estimate of drug-likeness (QED) is 0.655. The Morgan fingerprint density at radius 1 is 1.44 bits per heavy atom. The van der Waals surface area contributed by atoms with Crippen molar-refractivity contribution >= 4 is 6.03 Å². The molecule has 0 bridgehead atoms. The van der Waals surface area contributed by atoms with Gasteiger partial charge >= 0.3 is 6.03 Å². The third-order valence-corrected chi connectivity index (χ3v) is 2.79. The van der Waals surface area contributed by atoms with Crippen LogP contribution >= 0.6 is 0 Å². The lowest BCUT2D eigenvalue weighted by Crippen LogP contribution is -2.47. The Labute approximate surface area is 97.1 Å². The van der Waals surface area contributed by atoms with Crippen LogP contribution in [0.15, 0.2) is 0 Å². The van der Waals surface area contributed by atoms with Crippen LogP contribution in [0.1, 0.15) is 26.7 Å². The fourth-order valence-electron chi connectivity index (χ4n) is 1.83. The first-order valence-electron chi connectivity index (χ1n) is 5.97. The molecular formula is C11H23N3O2. The summed E-state index contributed by atoms with van der Waals surface area (Å²) < 4.78 is 5.27. The predicted molar refractivity (Wildman–Crippen MR) is 63.2 cm³/mol. The Kier molecular flexibility index (Phi) is 5.55. The van der Waals surface area contributed by atoms with Crippen LogP contribution in [-0.4, -0.2) is 37.9 Å². The molecule has 1 atom stereocenters. The van der Waals surface area contributed by atoms with Gasteiger partial charge in [0.15, 0.2) is 0 Å². The smallest absolute Gasteiger partial charge is 0.315 e. The molecule has 1 fully saturated rings. The van der Waals surface area contributed by atoms with Crippen molar-refractivity contribution in [2.45, 2.75) is 38.8 Å². The summed E-state index contributed by atoms with van der Waals surface area (Å²) >= 11 is 0. The SMILES string of the molecule is CC(C)NC(=O)NCC(N)C1CCOCC1. The minimum absolute atomic E-state index is 0.0295. The molecule has 1 aliphatic heterocycles. The van der Waals surface area contributed by atoms with E-state index in [1.165, 1.54) is 0 Å². The van der Waals surface area contributed by atoms with E-state index in [1.54, 1.807) is 0 Å². The van der Waals surface area contributed by atoms with Crippen molar-refractivity contribution in [3.63, 3.8) is 0 Å². The number of carbonyl (C=O) groups excluding carboxylic acids is 1. The Morgan fingerprint density at radius 3 is 2.62 bits per heavy atom. The van der Waals surface area contributed by atoms with Gasteiger partial charge in [-0.25, -0.2) is 4.79 Å². The van der Waals surface area contributed by atoms with E-state index in [0.717, 1.165) is 26.1 Å². The van der Waals surface area contributed by atoms with E-state index in [0.29, 0.717) is 12.5 Å². The molecule has 0 saturated carbocycles. The first-order chi connectivity index (χ1) is 7.59. The van der Waals surface area contributed by atoms with Gasteiger partial charge in [-0.05, 0) is 32.6 Å². The van der Waals surface area contributed by atoms with E-state index < -0.39 is 0 Å². The number of rotatable bonds is 4. The second-order valence-corrected chi connectivity index (χ2v) is 4.62. The highest BCUT2D eigenvalue weighted by Crippen LogP contribution is 2.16. The van der Waals surface area contributed by atoms with Crippen molar-refractivity contribution in [1.82, 2.24) is 10.6 Å². The topological polar surface area (TPSA) is 76.4 Å². The number of nitrogens with one attached hydrogen (secondary N) is 2. The molecule has 0 aromatic carbocycles. The van der Waals surface area contributed by atoms with Crippen molar-refractivity contribution in [2.24, 2.45) is 11.7 Å². The summed E-state index contributed by atoms with van der Waals surface area (Å²) in [6, 6.07) is 0.0404. The minimum Gasteiger partial charge on any atom is -0.381 e. The summed E-state index contributed by atoms with van der Waals surface area (Å²) in [5.41, 5.74) is 6.03. The van der Waals surface area contributed by atoms with E-state index in [4.69, 9.17) is 10.5 Å². The molecule has 2 amide bonds. The molecule has 5 nitrogen and oxygen atoms in total. The monoisotopic (exact) mass is 229 g/mol. The molecule has 1 heterocycles. The lowest BCUT2D eigenvalue weighted by Gasteiger charge is -2.27. The molecule has 0 radical (unpaired) electrons. The zero-order valence-corrected chi connectivity index (χ0v) is 10.2. The van der Waals surface area contributed by atoms with Crippen LogP contribution in [0.3, 0.4) is 0 Å². The van der Waals surface area contributed by atoms with E-state index in [-0.39, 0.29) is 18.1 Å². The van der Waals surface area contributed by atoms with Crippen LogP contribution < -0.4 is 16.4 Å². The number of nitrogens with two attached hydrogens (primary N) is 1. The van der Waals surface area contributed by atoms with Gasteiger partial charge in [-0.2, -0.15) is 0 Å². The molecule has 1 unspecified atom stereocenters. The highest BCUT2D eigenvalue weighted by molar-refractivity contribution is 5.74. The zero-order valence-electron chi connectivity index (χ0n) is 10.2. The Bertz CT molecular complexity index is 215. The van der Waals surface area contributed by atoms with Gasteiger partial charge in [-0.15, -0.1) is 0 Å². The van der Waals surface area contributed by atoms with E-state index >= 15 is 0 Å². The Hall–Kier alpha value is -0.810. The van der Waals surface area contributed by atoms with Gasteiger partial charge in [0, 0.05) is 31.8 Å². The molecule has 0 spiro atoms. The van der Waals surface area contributed by atoms with E-state index in [1.807, 2.05) is 13.8 Å². The maximum Gasteiger partial charge on any atom is 0.315 e. The summed E-state index contributed by atoms with van der Waals surface area (Å²) in [7, 11) is 0. The maximum absolute atomic E-state index is 11.3. The second-order valence-electron chi connectivity index (χ2n) is 4.62. The summed E-state index contributed by atoms with van der Waals surface area (Å²) in [6.45, 7) is 5.96. The molecule has 94 valence electrons. The number of urea groups is 1. The average molecular weight is 229 g/mol. The standard InChI is InChI=1S/C11H23N3O2/c1-8(2)14-11(15)13-7-10(12)9-3-5-16-6-4-9/h8-10H,3-7,12H2,1-2H3,(H2,13,14,15). The predicted octanol–water partition coefficient (Wildman–Crippen LogP) is 0.448. The average Bonchev–Trinajstić information content (AvgIpc) is 2.26. The molecular weight excluding hydrogens is 206 g/mol. The molecule has 5 heteroatoms. The molecule has 1 aliphatic rings. The maximum atomic E-state index is 11.3. The molecule has 0 aromatic heterocycles. The first kappa shape index (κ1) is 13.3. The number of hydrogen-bond donors (Lipinski definition) is 3. The fourth-order valence-corrected chi connectivity index (χ4v) is 1.83. The van der Waals surface area contributed by atoms with Crippen molar-refractivity contribution in [1.29, 1.82) is 0 Å². The van der Waals surface area contributed by atoms with Crippen LogP contribution in [0.5, 0.6) is 0 Å². The van der Waals surface area contributed by atoms with Crippen LogP contribution in [0.4, 0.5) is 4.79 Å². The first-order valence-corrected chi connectivity index (χ1v) is 5.97. The van der Waals surface area contributed by atoms with E-state index in [2.05, 4.69) is 10.6 Å². The Balaban J connectivity index is 2.18. The van der Waals surface area contributed by atoms with Gasteiger partial charge in [0.2, 0.25) is 0 Å². The second kappa shape index (κ2) is 6.70. The largest absolute Gasteiger partial charge is 0.381 e. The normalized spacial score (nSPS) is 19.5. The molecule has 1 saturated heterocycles.